The van der Waals surface area contributed by atoms with Crippen LogP contribution in [-0.2, 0) is 6.18 Å². The summed E-state index contributed by atoms with van der Waals surface area (Å²) in [5, 5.41) is 1.55. The molecule has 0 spiro atoms. The van der Waals surface area contributed by atoms with Crippen LogP contribution in [0.4, 0.5) is 13.2 Å². The average molecular weight is 459 g/mol. The highest BCUT2D eigenvalue weighted by Gasteiger charge is 2.35. The van der Waals surface area contributed by atoms with Crippen molar-refractivity contribution >= 4 is 38.7 Å². The molecule has 1 saturated heterocycles. The van der Waals surface area contributed by atoms with Gasteiger partial charge in [-0.25, -0.2) is 9.97 Å². The lowest BCUT2D eigenvalue weighted by molar-refractivity contribution is -0.140. The average Bonchev–Trinajstić information content (AvgIpc) is 3.27. The van der Waals surface area contributed by atoms with E-state index in [1.54, 1.807) is 9.30 Å². The first-order chi connectivity index (χ1) is 12.8. The van der Waals surface area contributed by atoms with Crippen LogP contribution in [0.15, 0.2) is 34.5 Å². The summed E-state index contributed by atoms with van der Waals surface area (Å²) < 4.78 is 40.5. The maximum absolute atomic E-state index is 12.9. The van der Waals surface area contributed by atoms with Gasteiger partial charge in [0.05, 0.1) is 10.5 Å². The largest absolute Gasteiger partial charge is 0.434 e. The SMILES string of the molecule is O=C(c1nc(Br)n2ccccc12)N1CCC(c2nc(C(F)(F)F)cs2)CC1. The minimum atomic E-state index is -4.42. The molecule has 4 heterocycles. The number of halogens is 4. The van der Waals surface area contributed by atoms with Crippen LogP contribution in [0, 0.1) is 0 Å². The first-order valence-corrected chi connectivity index (χ1v) is 9.96. The number of thiazole rings is 1. The molecule has 0 aliphatic carbocycles. The number of amides is 1. The van der Waals surface area contributed by atoms with Gasteiger partial charge in [-0.3, -0.25) is 9.20 Å². The molecule has 3 aromatic heterocycles. The predicted octanol–water partition coefficient (Wildman–Crippen LogP) is 4.59. The summed E-state index contributed by atoms with van der Waals surface area (Å²) in [6, 6.07) is 5.52. The van der Waals surface area contributed by atoms with Crippen LogP contribution in [0.3, 0.4) is 0 Å². The first kappa shape index (κ1) is 18.4. The first-order valence-electron chi connectivity index (χ1n) is 8.29. The van der Waals surface area contributed by atoms with Crippen LogP contribution < -0.4 is 0 Å². The lowest BCUT2D eigenvalue weighted by Gasteiger charge is -2.30. The molecule has 0 bridgehead atoms. The topological polar surface area (TPSA) is 50.5 Å². The van der Waals surface area contributed by atoms with Crippen LogP contribution in [-0.4, -0.2) is 38.3 Å². The number of carbonyl (C=O) groups is 1. The summed E-state index contributed by atoms with van der Waals surface area (Å²) in [7, 11) is 0. The van der Waals surface area contributed by atoms with Crippen molar-refractivity contribution in [3.8, 4) is 0 Å². The molecule has 10 heteroatoms. The zero-order chi connectivity index (χ0) is 19.2. The summed E-state index contributed by atoms with van der Waals surface area (Å²) in [4.78, 5) is 22.6. The van der Waals surface area contributed by atoms with E-state index in [0.717, 1.165) is 16.7 Å². The summed E-state index contributed by atoms with van der Waals surface area (Å²) in [6.45, 7) is 0.932. The number of rotatable bonds is 2. The highest BCUT2D eigenvalue weighted by molar-refractivity contribution is 9.10. The van der Waals surface area contributed by atoms with E-state index in [-0.39, 0.29) is 11.8 Å². The highest BCUT2D eigenvalue weighted by Crippen LogP contribution is 2.35. The van der Waals surface area contributed by atoms with Gasteiger partial charge >= 0.3 is 6.18 Å². The monoisotopic (exact) mass is 458 g/mol. The molecule has 5 nitrogen and oxygen atoms in total. The summed E-state index contributed by atoms with van der Waals surface area (Å²) >= 11 is 4.39. The molecule has 0 aromatic carbocycles. The number of carbonyl (C=O) groups excluding carboxylic acids is 1. The molecule has 3 aromatic rings. The number of likely N-dealkylation sites (tertiary alicyclic amines) is 1. The van der Waals surface area contributed by atoms with Gasteiger partial charge in [-0.2, -0.15) is 13.2 Å². The molecule has 0 saturated carbocycles. The maximum Gasteiger partial charge on any atom is 0.434 e. The molecular formula is C17H14BrF3N4OS. The zero-order valence-electron chi connectivity index (χ0n) is 13.9. The molecule has 142 valence electrons. The fourth-order valence-corrected chi connectivity index (χ4v) is 4.73. The van der Waals surface area contributed by atoms with Crippen LogP contribution in [0.1, 0.15) is 39.9 Å². The Morgan fingerprint density at radius 2 is 1.96 bits per heavy atom. The van der Waals surface area contributed by atoms with E-state index in [2.05, 4.69) is 25.9 Å². The number of fused-ring (bicyclic) bond motifs is 1. The van der Waals surface area contributed by atoms with E-state index in [9.17, 15) is 18.0 Å². The number of nitrogens with zero attached hydrogens (tertiary/aromatic N) is 4. The molecule has 0 N–H and O–H groups in total. The summed E-state index contributed by atoms with van der Waals surface area (Å²) in [5.41, 5.74) is 0.246. The van der Waals surface area contributed by atoms with Gasteiger partial charge in [0.1, 0.15) is 0 Å². The number of alkyl halides is 3. The third-order valence-electron chi connectivity index (χ3n) is 4.65. The molecule has 4 rings (SSSR count). The smallest absolute Gasteiger partial charge is 0.337 e. The van der Waals surface area contributed by atoms with E-state index >= 15 is 0 Å². The van der Waals surface area contributed by atoms with E-state index in [1.807, 2.05) is 24.4 Å². The fraction of sp³-hybridized carbons (Fsp3) is 0.353. The predicted molar refractivity (Wildman–Crippen MR) is 97.9 cm³/mol. The van der Waals surface area contributed by atoms with E-state index < -0.39 is 11.9 Å². The van der Waals surface area contributed by atoms with E-state index in [4.69, 9.17) is 0 Å². The molecule has 1 aliphatic heterocycles. The van der Waals surface area contributed by atoms with Crippen molar-refractivity contribution in [3.63, 3.8) is 0 Å². The molecule has 27 heavy (non-hydrogen) atoms. The van der Waals surface area contributed by atoms with Gasteiger partial charge in [0, 0.05) is 30.6 Å². The van der Waals surface area contributed by atoms with E-state index in [1.165, 1.54) is 0 Å². The fourth-order valence-electron chi connectivity index (χ4n) is 3.24. The number of hydrogen-bond donors (Lipinski definition) is 0. The normalized spacial score (nSPS) is 16.2. The molecular weight excluding hydrogens is 445 g/mol. The van der Waals surface area contributed by atoms with Crippen molar-refractivity contribution in [1.29, 1.82) is 0 Å². The van der Waals surface area contributed by atoms with Gasteiger partial charge in [0.25, 0.3) is 5.91 Å². The third kappa shape index (κ3) is 3.47. The number of aromatic nitrogens is 3. The number of hydrogen-bond acceptors (Lipinski definition) is 4. The standard InChI is InChI=1S/C17H14BrF3N4OS/c18-16-23-13(11-3-1-2-6-25(11)16)15(26)24-7-4-10(5-8-24)14-22-12(9-27-14)17(19,20)21/h1-3,6,9-10H,4-5,7-8H2. The van der Waals surface area contributed by atoms with Crippen LogP contribution >= 0.6 is 27.3 Å². The Labute approximate surface area is 165 Å². The Hall–Kier alpha value is -1.94. The molecule has 1 fully saturated rings. The Kier molecular flexibility index (Phi) is 4.71. The summed E-state index contributed by atoms with van der Waals surface area (Å²) in [6.07, 6.45) is -1.43. The minimum absolute atomic E-state index is 0.0550. The Morgan fingerprint density at radius 3 is 2.63 bits per heavy atom. The number of piperidine rings is 1. The Morgan fingerprint density at radius 1 is 1.22 bits per heavy atom. The number of pyridine rings is 1. The Balaban J connectivity index is 1.47. The molecule has 0 radical (unpaired) electrons. The second-order valence-corrected chi connectivity index (χ2v) is 7.92. The number of imidazole rings is 1. The van der Waals surface area contributed by atoms with Crippen molar-refractivity contribution in [1.82, 2.24) is 19.3 Å². The quantitative estimate of drug-likeness (QED) is 0.564. The van der Waals surface area contributed by atoms with Gasteiger partial charge in [-0.15, -0.1) is 11.3 Å². The van der Waals surface area contributed by atoms with Crippen molar-refractivity contribution < 1.29 is 18.0 Å². The van der Waals surface area contributed by atoms with Crippen LogP contribution in [0.5, 0.6) is 0 Å². The van der Waals surface area contributed by atoms with Gasteiger partial charge in [-0.05, 0) is 40.9 Å². The van der Waals surface area contributed by atoms with Crippen molar-refractivity contribution in [2.24, 2.45) is 0 Å². The minimum Gasteiger partial charge on any atom is -0.337 e. The lowest BCUT2D eigenvalue weighted by Crippen LogP contribution is -2.38. The van der Waals surface area contributed by atoms with Gasteiger partial charge < -0.3 is 4.90 Å². The van der Waals surface area contributed by atoms with Crippen molar-refractivity contribution in [3.05, 3.63) is 50.9 Å². The van der Waals surface area contributed by atoms with Crippen LogP contribution in [0.2, 0.25) is 0 Å². The molecule has 1 amide bonds. The lowest BCUT2D eigenvalue weighted by atomic mass is 9.97. The highest BCUT2D eigenvalue weighted by atomic mass is 79.9. The van der Waals surface area contributed by atoms with Crippen molar-refractivity contribution in [2.75, 3.05) is 13.1 Å². The maximum atomic E-state index is 12.9. The molecule has 0 atom stereocenters. The third-order valence-corrected chi connectivity index (χ3v) is 6.22. The van der Waals surface area contributed by atoms with Gasteiger partial charge in [0.2, 0.25) is 0 Å². The second kappa shape index (κ2) is 6.90. The van der Waals surface area contributed by atoms with Crippen molar-refractivity contribution in [2.45, 2.75) is 24.9 Å². The molecule has 0 unspecified atom stereocenters. The second-order valence-electron chi connectivity index (χ2n) is 6.32. The van der Waals surface area contributed by atoms with Crippen LogP contribution in [0.25, 0.3) is 5.52 Å². The molecule has 1 aliphatic rings. The zero-order valence-corrected chi connectivity index (χ0v) is 16.3. The van der Waals surface area contributed by atoms with E-state index in [0.29, 0.717) is 46.9 Å². The summed E-state index contributed by atoms with van der Waals surface area (Å²) in [5.74, 6) is -0.224. The Bertz CT molecular complexity index is 992. The van der Waals surface area contributed by atoms with Gasteiger partial charge in [0.15, 0.2) is 16.1 Å². The van der Waals surface area contributed by atoms with Gasteiger partial charge in [-0.1, -0.05) is 6.07 Å².